The van der Waals surface area contributed by atoms with E-state index in [2.05, 4.69) is 64.1 Å². The van der Waals surface area contributed by atoms with Crippen LogP contribution in [-0.2, 0) is 6.42 Å². The van der Waals surface area contributed by atoms with Gasteiger partial charge in [0.2, 0.25) is 0 Å². The van der Waals surface area contributed by atoms with Crippen molar-refractivity contribution in [1.29, 1.82) is 0 Å². The lowest BCUT2D eigenvalue weighted by molar-refractivity contribution is 0.776. The molecule has 2 rings (SSSR count). The van der Waals surface area contributed by atoms with Crippen molar-refractivity contribution in [2.24, 2.45) is 0 Å². The molecule has 1 aromatic carbocycles. The van der Waals surface area contributed by atoms with Gasteiger partial charge in [-0.2, -0.15) is 0 Å². The minimum absolute atomic E-state index is 0.240. The van der Waals surface area contributed by atoms with Gasteiger partial charge in [0.1, 0.15) is 17.5 Å². The lowest BCUT2D eigenvalue weighted by atomic mass is 10.1. The first-order chi connectivity index (χ1) is 9.92. The average molecular weight is 349 g/mol. The fraction of sp³-hybridized carbons (Fsp3) is 0.375. The number of benzene rings is 1. The van der Waals surface area contributed by atoms with E-state index < -0.39 is 0 Å². The van der Waals surface area contributed by atoms with Crippen molar-refractivity contribution in [2.45, 2.75) is 40.0 Å². The molecule has 0 bridgehead atoms. The molecule has 112 valence electrons. The monoisotopic (exact) mass is 348 g/mol. The number of aryl methyl sites for hydroxylation is 1. The summed E-state index contributed by atoms with van der Waals surface area (Å²) in [6.45, 7) is 8.19. The molecule has 21 heavy (non-hydrogen) atoms. The van der Waals surface area contributed by atoms with Gasteiger partial charge in [0.25, 0.3) is 0 Å². The van der Waals surface area contributed by atoms with Crippen molar-refractivity contribution in [2.75, 3.05) is 11.1 Å². The van der Waals surface area contributed by atoms with Gasteiger partial charge in [-0.25, -0.2) is 9.97 Å². The molecule has 0 saturated heterocycles. The highest BCUT2D eigenvalue weighted by Crippen LogP contribution is 2.28. The van der Waals surface area contributed by atoms with Crippen LogP contribution in [0.25, 0.3) is 0 Å². The predicted octanol–water partition coefficient (Wildman–Crippen LogP) is 4.56. The number of nitrogens with two attached hydrogens (primary N) is 1. The zero-order valence-electron chi connectivity index (χ0n) is 12.9. The summed E-state index contributed by atoms with van der Waals surface area (Å²) in [7, 11) is 0. The second kappa shape index (κ2) is 6.43. The minimum atomic E-state index is 0.240. The number of nitrogen functional groups attached to an aromatic ring is 1. The maximum absolute atomic E-state index is 6.01. The van der Waals surface area contributed by atoms with Crippen LogP contribution in [-0.4, -0.2) is 9.97 Å². The Kier molecular flexibility index (Phi) is 4.83. The number of hydrogen-bond donors (Lipinski definition) is 2. The molecule has 0 atom stereocenters. The molecule has 1 heterocycles. The van der Waals surface area contributed by atoms with E-state index in [0.29, 0.717) is 5.82 Å². The van der Waals surface area contributed by atoms with Gasteiger partial charge in [0, 0.05) is 21.6 Å². The van der Waals surface area contributed by atoms with Crippen LogP contribution in [0.1, 0.15) is 43.6 Å². The van der Waals surface area contributed by atoms with Gasteiger partial charge in [0.05, 0.1) is 0 Å². The summed E-state index contributed by atoms with van der Waals surface area (Å²) in [4.78, 5) is 8.96. The van der Waals surface area contributed by atoms with Gasteiger partial charge in [-0.1, -0.05) is 36.7 Å². The van der Waals surface area contributed by atoms with Crippen LogP contribution in [0, 0.1) is 6.92 Å². The summed E-state index contributed by atoms with van der Waals surface area (Å²) < 4.78 is 1.08. The van der Waals surface area contributed by atoms with Crippen molar-refractivity contribution < 1.29 is 0 Å². The molecule has 0 aliphatic heterocycles. The van der Waals surface area contributed by atoms with Crippen molar-refractivity contribution in [3.8, 4) is 0 Å². The van der Waals surface area contributed by atoms with Gasteiger partial charge in [-0.3, -0.25) is 0 Å². The quantitative estimate of drug-likeness (QED) is 0.849. The van der Waals surface area contributed by atoms with Crippen LogP contribution >= 0.6 is 15.9 Å². The van der Waals surface area contributed by atoms with E-state index >= 15 is 0 Å². The molecule has 0 radical (unpaired) electrons. The molecule has 2 aromatic rings. The van der Waals surface area contributed by atoms with E-state index in [4.69, 9.17) is 5.73 Å². The molecule has 0 spiro atoms. The largest absolute Gasteiger partial charge is 0.383 e. The van der Waals surface area contributed by atoms with Gasteiger partial charge in [-0.15, -0.1) is 0 Å². The highest BCUT2D eigenvalue weighted by Gasteiger charge is 2.12. The summed E-state index contributed by atoms with van der Waals surface area (Å²) >= 11 is 3.51. The van der Waals surface area contributed by atoms with Crippen molar-refractivity contribution in [1.82, 2.24) is 9.97 Å². The number of anilines is 3. The molecule has 0 saturated carbocycles. The van der Waals surface area contributed by atoms with E-state index in [1.807, 2.05) is 13.0 Å². The summed E-state index contributed by atoms with van der Waals surface area (Å²) in [5.74, 6) is 2.31. The summed E-state index contributed by atoms with van der Waals surface area (Å²) in [5.41, 5.74) is 9.17. The van der Waals surface area contributed by atoms with Crippen molar-refractivity contribution in [3.63, 3.8) is 0 Å². The minimum Gasteiger partial charge on any atom is -0.383 e. The van der Waals surface area contributed by atoms with E-state index in [1.165, 1.54) is 5.56 Å². The summed E-state index contributed by atoms with van der Waals surface area (Å²) in [6, 6.07) is 6.19. The molecule has 5 heteroatoms. The molecule has 0 unspecified atom stereocenters. The number of rotatable bonds is 4. The molecule has 0 aliphatic carbocycles. The number of hydrogen-bond acceptors (Lipinski definition) is 4. The van der Waals surface area contributed by atoms with E-state index in [9.17, 15) is 0 Å². The van der Waals surface area contributed by atoms with Gasteiger partial charge in [-0.05, 0) is 37.1 Å². The van der Waals surface area contributed by atoms with Crippen LogP contribution < -0.4 is 11.1 Å². The fourth-order valence-electron chi connectivity index (χ4n) is 2.04. The van der Waals surface area contributed by atoms with Crippen LogP contribution in [0.5, 0.6) is 0 Å². The van der Waals surface area contributed by atoms with E-state index in [0.717, 1.165) is 33.8 Å². The molecule has 0 amide bonds. The Labute approximate surface area is 134 Å². The fourth-order valence-corrected chi connectivity index (χ4v) is 2.44. The first kappa shape index (κ1) is 15.8. The molecular formula is C16H21BrN4. The SMILES string of the molecule is CCc1cc(Br)ccc1Nc1nc(C(C)C)nc(N)c1C. The normalized spacial score (nSPS) is 11.0. The lowest BCUT2D eigenvalue weighted by Crippen LogP contribution is -2.08. The number of nitrogens with zero attached hydrogens (tertiary/aromatic N) is 2. The number of nitrogens with one attached hydrogen (secondary N) is 1. The molecule has 0 aliphatic rings. The Morgan fingerprint density at radius 2 is 2.00 bits per heavy atom. The van der Waals surface area contributed by atoms with Crippen LogP contribution in [0.2, 0.25) is 0 Å². The highest BCUT2D eigenvalue weighted by atomic mass is 79.9. The standard InChI is InChI=1S/C16H21BrN4/c1-5-11-8-12(17)6-7-13(11)19-16-10(4)14(18)20-15(21-16)9(2)3/h6-9H,5H2,1-4H3,(H3,18,19,20,21). The van der Waals surface area contributed by atoms with Crippen LogP contribution in [0.15, 0.2) is 22.7 Å². The number of halogens is 1. The smallest absolute Gasteiger partial charge is 0.139 e. The molecular weight excluding hydrogens is 328 g/mol. The first-order valence-corrected chi connectivity index (χ1v) is 7.91. The maximum atomic E-state index is 6.01. The third-order valence-corrected chi connectivity index (χ3v) is 3.91. The van der Waals surface area contributed by atoms with Crippen LogP contribution in [0.4, 0.5) is 17.3 Å². The highest BCUT2D eigenvalue weighted by molar-refractivity contribution is 9.10. The van der Waals surface area contributed by atoms with Gasteiger partial charge in [0.15, 0.2) is 0 Å². The summed E-state index contributed by atoms with van der Waals surface area (Å²) in [5, 5.41) is 3.40. The van der Waals surface area contributed by atoms with Gasteiger partial charge >= 0.3 is 0 Å². The van der Waals surface area contributed by atoms with Gasteiger partial charge < -0.3 is 11.1 Å². The van der Waals surface area contributed by atoms with E-state index in [1.54, 1.807) is 0 Å². The Hall–Kier alpha value is -1.62. The maximum Gasteiger partial charge on any atom is 0.139 e. The Morgan fingerprint density at radius 3 is 2.62 bits per heavy atom. The lowest BCUT2D eigenvalue weighted by Gasteiger charge is -2.15. The topological polar surface area (TPSA) is 63.8 Å². The Balaban J connectivity index is 2.44. The zero-order chi connectivity index (χ0) is 15.6. The second-order valence-electron chi connectivity index (χ2n) is 5.38. The zero-order valence-corrected chi connectivity index (χ0v) is 14.5. The molecule has 0 fully saturated rings. The molecule has 1 aromatic heterocycles. The molecule has 4 nitrogen and oxygen atoms in total. The molecule has 3 N–H and O–H groups in total. The third-order valence-electron chi connectivity index (χ3n) is 3.42. The second-order valence-corrected chi connectivity index (χ2v) is 6.29. The van der Waals surface area contributed by atoms with Crippen molar-refractivity contribution in [3.05, 3.63) is 39.6 Å². The number of aromatic nitrogens is 2. The van der Waals surface area contributed by atoms with E-state index in [-0.39, 0.29) is 5.92 Å². The summed E-state index contributed by atoms with van der Waals surface area (Å²) in [6.07, 6.45) is 0.943. The predicted molar refractivity (Wildman–Crippen MR) is 92.1 cm³/mol. The third kappa shape index (κ3) is 3.53. The average Bonchev–Trinajstić information content (AvgIpc) is 2.45. The Morgan fingerprint density at radius 1 is 1.29 bits per heavy atom. The Bertz CT molecular complexity index is 653. The van der Waals surface area contributed by atoms with Crippen molar-refractivity contribution >= 4 is 33.3 Å². The first-order valence-electron chi connectivity index (χ1n) is 7.11. The van der Waals surface area contributed by atoms with Crippen LogP contribution in [0.3, 0.4) is 0 Å².